The molecule has 8 nitrogen and oxygen atoms in total. The zero-order valence-electron chi connectivity index (χ0n) is 8.95. The van der Waals surface area contributed by atoms with Crippen LogP contribution < -0.4 is 0 Å². The zero-order valence-corrected chi connectivity index (χ0v) is 8.95. The largest absolute Gasteiger partial charge is 0.334 e. The number of carbonyl (C=O) groups excluding carboxylic acids is 1. The van der Waals surface area contributed by atoms with Crippen LogP contribution in [0.15, 0.2) is 12.4 Å². The molecule has 0 bridgehead atoms. The topological polar surface area (TPSA) is 92.6 Å². The lowest BCUT2D eigenvalue weighted by Crippen LogP contribution is -2.27. The van der Waals surface area contributed by atoms with Crippen LogP contribution in [0.25, 0.3) is 0 Å². The average molecular weight is 221 g/mol. The molecule has 0 aliphatic carbocycles. The number of rotatable bonds is 3. The van der Waals surface area contributed by atoms with Crippen molar-refractivity contribution in [2.24, 2.45) is 7.05 Å². The van der Waals surface area contributed by atoms with Crippen molar-refractivity contribution in [3.05, 3.63) is 23.8 Å². The normalized spacial score (nSPS) is 10.4. The number of tetrazole rings is 1. The molecule has 2 heterocycles. The van der Waals surface area contributed by atoms with Gasteiger partial charge in [0.1, 0.15) is 0 Å². The highest BCUT2D eigenvalue weighted by atomic mass is 16.2. The molecule has 0 aromatic carbocycles. The predicted octanol–water partition coefficient (Wildman–Crippen LogP) is -0.795. The molecule has 0 saturated carbocycles. The molecule has 2 aromatic rings. The van der Waals surface area contributed by atoms with Crippen LogP contribution in [0.4, 0.5) is 0 Å². The van der Waals surface area contributed by atoms with Gasteiger partial charge in [-0.1, -0.05) is 0 Å². The number of H-pyrrole nitrogens is 1. The standard InChI is InChI=1S/C8H11N7O/c1-14(4-6-3-9-15(2)5-6)8(16)7-10-12-13-11-7/h3,5H,4H2,1-2H3,(H,10,11,12,13). The molecule has 0 spiro atoms. The van der Waals surface area contributed by atoms with Gasteiger partial charge in [0.2, 0.25) is 0 Å². The minimum Gasteiger partial charge on any atom is -0.334 e. The number of carbonyl (C=O) groups is 1. The molecule has 1 N–H and O–H groups in total. The maximum Gasteiger partial charge on any atom is 0.295 e. The van der Waals surface area contributed by atoms with Crippen LogP contribution in [0.1, 0.15) is 16.2 Å². The zero-order chi connectivity index (χ0) is 11.5. The van der Waals surface area contributed by atoms with Gasteiger partial charge in [0.25, 0.3) is 11.7 Å². The van der Waals surface area contributed by atoms with E-state index in [9.17, 15) is 4.79 Å². The highest BCUT2D eigenvalue weighted by Crippen LogP contribution is 2.03. The van der Waals surface area contributed by atoms with E-state index in [0.29, 0.717) is 6.54 Å². The minimum absolute atomic E-state index is 0.0615. The number of hydrogen-bond acceptors (Lipinski definition) is 5. The van der Waals surface area contributed by atoms with Crippen molar-refractivity contribution in [3.63, 3.8) is 0 Å². The third kappa shape index (κ3) is 2.05. The summed E-state index contributed by atoms with van der Waals surface area (Å²) in [5.41, 5.74) is 0.946. The number of nitrogens with zero attached hydrogens (tertiary/aromatic N) is 6. The van der Waals surface area contributed by atoms with Gasteiger partial charge in [-0.15, -0.1) is 10.2 Å². The van der Waals surface area contributed by atoms with Crippen molar-refractivity contribution in [1.29, 1.82) is 0 Å². The van der Waals surface area contributed by atoms with Gasteiger partial charge in [0.05, 0.1) is 6.20 Å². The molecule has 2 aromatic heterocycles. The Morgan fingerprint density at radius 1 is 1.62 bits per heavy atom. The fourth-order valence-corrected chi connectivity index (χ4v) is 1.32. The molecule has 0 aliphatic rings. The van der Waals surface area contributed by atoms with E-state index in [4.69, 9.17) is 0 Å². The Labute approximate surface area is 91.3 Å². The molecule has 0 radical (unpaired) electrons. The Bertz CT molecular complexity index is 474. The van der Waals surface area contributed by atoms with E-state index in [2.05, 4.69) is 25.7 Å². The maximum atomic E-state index is 11.7. The lowest BCUT2D eigenvalue weighted by Gasteiger charge is -2.13. The van der Waals surface area contributed by atoms with Crippen LogP contribution in [0, 0.1) is 0 Å². The monoisotopic (exact) mass is 221 g/mol. The molecule has 2 rings (SSSR count). The molecule has 8 heteroatoms. The lowest BCUT2D eigenvalue weighted by molar-refractivity contribution is 0.0773. The molecule has 0 fully saturated rings. The number of aromatic amines is 1. The molecule has 0 saturated heterocycles. The summed E-state index contributed by atoms with van der Waals surface area (Å²) in [5.74, 6) is -0.219. The van der Waals surface area contributed by atoms with Crippen LogP contribution >= 0.6 is 0 Å². The summed E-state index contributed by atoms with van der Waals surface area (Å²) >= 11 is 0. The first-order valence-corrected chi connectivity index (χ1v) is 4.63. The summed E-state index contributed by atoms with van der Waals surface area (Å²) in [6.07, 6.45) is 3.56. The fraction of sp³-hybridized carbons (Fsp3) is 0.375. The first kappa shape index (κ1) is 10.3. The predicted molar refractivity (Wildman–Crippen MR) is 53.2 cm³/mol. The van der Waals surface area contributed by atoms with Gasteiger partial charge in [-0.05, 0) is 5.21 Å². The van der Waals surface area contributed by atoms with Crippen molar-refractivity contribution in [3.8, 4) is 0 Å². The van der Waals surface area contributed by atoms with Gasteiger partial charge in [-0.3, -0.25) is 9.48 Å². The lowest BCUT2D eigenvalue weighted by atomic mass is 10.3. The SMILES string of the molecule is CN(Cc1cnn(C)c1)C(=O)c1nn[nH]n1. The summed E-state index contributed by atoms with van der Waals surface area (Å²) in [4.78, 5) is 13.2. The van der Waals surface area contributed by atoms with Crippen molar-refractivity contribution in [1.82, 2.24) is 35.3 Å². The molecular weight excluding hydrogens is 210 g/mol. The summed E-state index contributed by atoms with van der Waals surface area (Å²) in [7, 11) is 3.50. The second kappa shape index (κ2) is 4.09. The van der Waals surface area contributed by atoms with E-state index in [-0.39, 0.29) is 11.7 Å². The Hall–Kier alpha value is -2.25. The second-order valence-electron chi connectivity index (χ2n) is 3.42. The third-order valence-electron chi connectivity index (χ3n) is 2.06. The van der Waals surface area contributed by atoms with Gasteiger partial charge in [-0.2, -0.15) is 10.3 Å². The second-order valence-corrected chi connectivity index (χ2v) is 3.42. The number of amides is 1. The van der Waals surface area contributed by atoms with Gasteiger partial charge in [0, 0.05) is 32.4 Å². The first-order chi connectivity index (χ1) is 7.66. The number of hydrogen-bond donors (Lipinski definition) is 1. The van der Waals surface area contributed by atoms with Crippen LogP contribution in [0.5, 0.6) is 0 Å². The van der Waals surface area contributed by atoms with E-state index < -0.39 is 0 Å². The third-order valence-corrected chi connectivity index (χ3v) is 2.06. The molecule has 0 atom stereocenters. The number of aromatic nitrogens is 6. The summed E-state index contributed by atoms with van der Waals surface area (Å²) in [6.45, 7) is 0.460. The Kier molecular flexibility index (Phi) is 2.63. The molecule has 84 valence electrons. The van der Waals surface area contributed by atoms with Gasteiger partial charge >= 0.3 is 0 Å². The average Bonchev–Trinajstić information content (AvgIpc) is 2.88. The van der Waals surface area contributed by atoms with Crippen LogP contribution in [-0.2, 0) is 13.6 Å². The van der Waals surface area contributed by atoms with E-state index in [1.165, 1.54) is 4.90 Å². The maximum absolute atomic E-state index is 11.7. The molecule has 1 amide bonds. The van der Waals surface area contributed by atoms with E-state index >= 15 is 0 Å². The highest BCUT2D eigenvalue weighted by Gasteiger charge is 2.16. The van der Waals surface area contributed by atoms with Crippen molar-refractivity contribution >= 4 is 5.91 Å². The Balaban J connectivity index is 2.03. The summed E-state index contributed by atoms with van der Waals surface area (Å²) in [5, 5.41) is 16.8. The van der Waals surface area contributed by atoms with E-state index in [0.717, 1.165) is 5.56 Å². The fourth-order valence-electron chi connectivity index (χ4n) is 1.32. The van der Waals surface area contributed by atoms with E-state index in [1.54, 1.807) is 17.9 Å². The quantitative estimate of drug-likeness (QED) is 0.732. The highest BCUT2D eigenvalue weighted by molar-refractivity contribution is 5.89. The number of nitrogens with one attached hydrogen (secondary N) is 1. The van der Waals surface area contributed by atoms with Crippen molar-refractivity contribution in [2.75, 3.05) is 7.05 Å². The van der Waals surface area contributed by atoms with Crippen molar-refractivity contribution in [2.45, 2.75) is 6.54 Å². The molecule has 0 aliphatic heterocycles. The van der Waals surface area contributed by atoms with Gasteiger partial charge in [0.15, 0.2) is 0 Å². The number of aryl methyl sites for hydroxylation is 1. The summed E-state index contributed by atoms with van der Waals surface area (Å²) in [6, 6.07) is 0. The van der Waals surface area contributed by atoms with Gasteiger partial charge in [-0.25, -0.2) is 0 Å². The van der Waals surface area contributed by atoms with Crippen LogP contribution in [0.3, 0.4) is 0 Å². The van der Waals surface area contributed by atoms with Crippen molar-refractivity contribution < 1.29 is 4.79 Å². The minimum atomic E-state index is -0.280. The van der Waals surface area contributed by atoms with Gasteiger partial charge < -0.3 is 4.90 Å². The van der Waals surface area contributed by atoms with Crippen LogP contribution in [-0.4, -0.2) is 48.3 Å². The van der Waals surface area contributed by atoms with E-state index in [1.807, 2.05) is 13.2 Å². The molecule has 0 unspecified atom stereocenters. The van der Waals surface area contributed by atoms with Crippen LogP contribution in [0.2, 0.25) is 0 Å². The smallest absolute Gasteiger partial charge is 0.295 e. The summed E-state index contributed by atoms with van der Waals surface area (Å²) < 4.78 is 1.68. The molecular formula is C8H11N7O. The first-order valence-electron chi connectivity index (χ1n) is 4.63. The Morgan fingerprint density at radius 3 is 3.00 bits per heavy atom. The Morgan fingerprint density at radius 2 is 2.44 bits per heavy atom. The molecule has 16 heavy (non-hydrogen) atoms.